The van der Waals surface area contributed by atoms with Gasteiger partial charge < -0.3 is 15.2 Å². The predicted molar refractivity (Wildman–Crippen MR) is 79.7 cm³/mol. The maximum absolute atomic E-state index is 9.75. The van der Waals surface area contributed by atoms with Gasteiger partial charge in [0.15, 0.2) is 11.5 Å². The fraction of sp³-hybridized carbons (Fsp3) is 0.625. The highest BCUT2D eigenvalue weighted by molar-refractivity contribution is 5.41. The second-order valence-corrected chi connectivity index (χ2v) is 5.01. The van der Waals surface area contributed by atoms with Crippen LogP contribution >= 0.6 is 0 Å². The molecule has 0 aliphatic rings. The van der Waals surface area contributed by atoms with E-state index in [4.69, 9.17) is 4.74 Å². The fourth-order valence-corrected chi connectivity index (χ4v) is 2.26. The Labute approximate surface area is 117 Å². The molecule has 0 saturated carbocycles. The quantitative estimate of drug-likeness (QED) is 0.712. The van der Waals surface area contributed by atoms with E-state index < -0.39 is 0 Å². The largest absolute Gasteiger partial charge is 0.504 e. The lowest BCUT2D eigenvalue weighted by Crippen LogP contribution is -2.28. The molecule has 1 rings (SSSR count). The number of nitrogens with one attached hydrogen (secondary N) is 1. The molecule has 3 nitrogen and oxygen atoms in total. The molecule has 0 saturated heterocycles. The zero-order valence-corrected chi connectivity index (χ0v) is 12.4. The average molecular weight is 265 g/mol. The van der Waals surface area contributed by atoms with Crippen molar-refractivity contribution >= 4 is 0 Å². The van der Waals surface area contributed by atoms with Crippen molar-refractivity contribution in [3.8, 4) is 11.5 Å². The van der Waals surface area contributed by atoms with Crippen molar-refractivity contribution in [1.82, 2.24) is 5.32 Å². The van der Waals surface area contributed by atoms with E-state index in [0.29, 0.717) is 11.8 Å². The van der Waals surface area contributed by atoms with Crippen LogP contribution in [0.2, 0.25) is 0 Å². The molecule has 0 aliphatic carbocycles. The highest BCUT2D eigenvalue weighted by atomic mass is 16.5. The van der Waals surface area contributed by atoms with Gasteiger partial charge in [-0.15, -0.1) is 0 Å². The van der Waals surface area contributed by atoms with Gasteiger partial charge in [-0.1, -0.05) is 39.2 Å². The summed E-state index contributed by atoms with van der Waals surface area (Å²) >= 11 is 0. The molecule has 1 unspecified atom stereocenters. The van der Waals surface area contributed by atoms with Crippen LogP contribution in [0.4, 0.5) is 0 Å². The van der Waals surface area contributed by atoms with E-state index in [1.807, 2.05) is 12.1 Å². The van der Waals surface area contributed by atoms with Crippen molar-refractivity contribution in [2.24, 2.45) is 0 Å². The van der Waals surface area contributed by atoms with Gasteiger partial charge >= 0.3 is 0 Å². The number of hydrogen-bond donors (Lipinski definition) is 2. The van der Waals surface area contributed by atoms with Gasteiger partial charge in [-0.25, -0.2) is 0 Å². The third-order valence-corrected chi connectivity index (χ3v) is 3.38. The van der Waals surface area contributed by atoms with Crippen molar-refractivity contribution < 1.29 is 9.84 Å². The van der Waals surface area contributed by atoms with Crippen LogP contribution in [-0.2, 0) is 6.54 Å². The second kappa shape index (κ2) is 8.81. The summed E-state index contributed by atoms with van der Waals surface area (Å²) in [5.74, 6) is 0.738. The third-order valence-electron chi connectivity index (χ3n) is 3.38. The molecule has 1 atom stereocenters. The lowest BCUT2D eigenvalue weighted by Gasteiger charge is -2.18. The van der Waals surface area contributed by atoms with Gasteiger partial charge in [0.1, 0.15) is 0 Å². The van der Waals surface area contributed by atoms with E-state index >= 15 is 0 Å². The van der Waals surface area contributed by atoms with E-state index in [1.165, 1.54) is 32.1 Å². The van der Waals surface area contributed by atoms with Crippen molar-refractivity contribution in [2.75, 3.05) is 7.11 Å². The van der Waals surface area contributed by atoms with E-state index in [-0.39, 0.29) is 5.75 Å². The number of unbranched alkanes of at least 4 members (excludes halogenated alkanes) is 1. The van der Waals surface area contributed by atoms with E-state index in [1.54, 1.807) is 13.2 Å². The summed E-state index contributed by atoms with van der Waals surface area (Å²) in [6, 6.07) is 6.16. The zero-order chi connectivity index (χ0) is 14.1. The number of rotatable bonds is 9. The van der Waals surface area contributed by atoms with E-state index in [0.717, 1.165) is 12.1 Å². The van der Waals surface area contributed by atoms with Gasteiger partial charge in [-0.05, 0) is 30.5 Å². The fourth-order valence-electron chi connectivity index (χ4n) is 2.26. The SMILES string of the molecule is CCCCC(CCC)NCc1ccc(OC)c(O)c1. The topological polar surface area (TPSA) is 41.5 Å². The Morgan fingerprint density at radius 1 is 1.21 bits per heavy atom. The number of hydrogen-bond acceptors (Lipinski definition) is 3. The molecule has 0 amide bonds. The van der Waals surface area contributed by atoms with Gasteiger partial charge in [0.2, 0.25) is 0 Å². The highest BCUT2D eigenvalue weighted by Crippen LogP contribution is 2.26. The number of ether oxygens (including phenoxy) is 1. The second-order valence-electron chi connectivity index (χ2n) is 5.01. The minimum Gasteiger partial charge on any atom is -0.504 e. The van der Waals surface area contributed by atoms with Gasteiger partial charge in [-0.3, -0.25) is 0 Å². The average Bonchev–Trinajstić information content (AvgIpc) is 2.42. The van der Waals surface area contributed by atoms with Crippen LogP contribution in [-0.4, -0.2) is 18.3 Å². The molecule has 1 aromatic carbocycles. The number of aromatic hydroxyl groups is 1. The summed E-state index contributed by atoms with van der Waals surface area (Å²) in [4.78, 5) is 0. The molecule has 1 aromatic rings. The van der Waals surface area contributed by atoms with E-state index in [9.17, 15) is 5.11 Å². The zero-order valence-electron chi connectivity index (χ0n) is 12.4. The molecular weight excluding hydrogens is 238 g/mol. The molecule has 0 fully saturated rings. The molecule has 0 bridgehead atoms. The summed E-state index contributed by atoms with van der Waals surface area (Å²) in [6.07, 6.45) is 6.15. The normalized spacial score (nSPS) is 12.4. The van der Waals surface area contributed by atoms with Crippen molar-refractivity contribution in [3.63, 3.8) is 0 Å². The van der Waals surface area contributed by atoms with Crippen molar-refractivity contribution in [2.45, 2.75) is 58.5 Å². The summed E-state index contributed by atoms with van der Waals surface area (Å²) in [7, 11) is 1.56. The first-order chi connectivity index (χ1) is 9.21. The van der Waals surface area contributed by atoms with Crippen LogP contribution in [0.5, 0.6) is 11.5 Å². The monoisotopic (exact) mass is 265 g/mol. The molecule has 2 N–H and O–H groups in total. The molecule has 3 heteroatoms. The first-order valence-electron chi connectivity index (χ1n) is 7.30. The molecule has 108 valence electrons. The number of benzene rings is 1. The molecule has 0 spiro atoms. The van der Waals surface area contributed by atoms with Gasteiger partial charge in [0.25, 0.3) is 0 Å². The Kier molecular flexibility index (Phi) is 7.34. The van der Waals surface area contributed by atoms with Gasteiger partial charge in [0.05, 0.1) is 7.11 Å². The summed E-state index contributed by atoms with van der Waals surface area (Å²) < 4.78 is 5.05. The summed E-state index contributed by atoms with van der Waals surface area (Å²) in [5.41, 5.74) is 1.09. The Morgan fingerprint density at radius 3 is 2.58 bits per heavy atom. The minimum atomic E-state index is 0.211. The van der Waals surface area contributed by atoms with Gasteiger partial charge in [0, 0.05) is 12.6 Å². The smallest absolute Gasteiger partial charge is 0.160 e. The van der Waals surface area contributed by atoms with Crippen LogP contribution in [0.15, 0.2) is 18.2 Å². The molecular formula is C16H27NO2. The number of methoxy groups -OCH3 is 1. The Morgan fingerprint density at radius 2 is 2.00 bits per heavy atom. The predicted octanol–water partition coefficient (Wildman–Crippen LogP) is 3.85. The first kappa shape index (κ1) is 15.8. The summed E-state index contributed by atoms with van der Waals surface area (Å²) in [6.45, 7) is 5.25. The Balaban J connectivity index is 2.50. The van der Waals surface area contributed by atoms with Crippen LogP contribution in [0.25, 0.3) is 0 Å². The van der Waals surface area contributed by atoms with Crippen molar-refractivity contribution in [1.29, 1.82) is 0 Å². The molecule has 19 heavy (non-hydrogen) atoms. The lowest BCUT2D eigenvalue weighted by atomic mass is 10.0. The Bertz CT molecular complexity index is 366. The third kappa shape index (κ3) is 5.52. The Hall–Kier alpha value is -1.22. The van der Waals surface area contributed by atoms with Crippen LogP contribution in [0.3, 0.4) is 0 Å². The number of phenolic OH excluding ortho intramolecular Hbond substituents is 1. The lowest BCUT2D eigenvalue weighted by molar-refractivity contribution is 0.372. The van der Waals surface area contributed by atoms with E-state index in [2.05, 4.69) is 19.2 Å². The molecule has 0 aromatic heterocycles. The van der Waals surface area contributed by atoms with Gasteiger partial charge in [-0.2, -0.15) is 0 Å². The van der Waals surface area contributed by atoms with Crippen molar-refractivity contribution in [3.05, 3.63) is 23.8 Å². The van der Waals surface area contributed by atoms with Crippen LogP contribution in [0.1, 0.15) is 51.5 Å². The molecule has 0 radical (unpaired) electrons. The summed E-state index contributed by atoms with van der Waals surface area (Å²) in [5, 5.41) is 13.3. The maximum Gasteiger partial charge on any atom is 0.160 e. The highest BCUT2D eigenvalue weighted by Gasteiger charge is 2.08. The molecule has 0 heterocycles. The first-order valence-corrected chi connectivity index (χ1v) is 7.30. The molecule has 0 aliphatic heterocycles. The minimum absolute atomic E-state index is 0.211. The van der Waals surface area contributed by atoms with Crippen LogP contribution < -0.4 is 10.1 Å². The number of phenols is 1. The standard InChI is InChI=1S/C16H27NO2/c1-4-6-8-14(7-5-2)17-12-13-9-10-16(19-3)15(18)11-13/h9-11,14,17-18H,4-8,12H2,1-3H3. The maximum atomic E-state index is 9.75. The van der Waals surface area contributed by atoms with Crippen LogP contribution in [0, 0.1) is 0 Å².